The van der Waals surface area contributed by atoms with Crippen molar-refractivity contribution in [3.8, 4) is 0 Å². The van der Waals surface area contributed by atoms with Crippen LogP contribution in [-0.4, -0.2) is 43.0 Å². The normalized spacial score (nSPS) is 29.0. The van der Waals surface area contributed by atoms with Crippen molar-refractivity contribution in [2.24, 2.45) is 17.6 Å². The summed E-state index contributed by atoms with van der Waals surface area (Å²) in [6, 6.07) is 0.420. The zero-order valence-electron chi connectivity index (χ0n) is 13.7. The van der Waals surface area contributed by atoms with Crippen LogP contribution in [0.4, 0.5) is 0 Å². The Bertz CT molecular complexity index is 313. The van der Waals surface area contributed by atoms with Crippen LogP contribution in [-0.2, 0) is 4.79 Å². The van der Waals surface area contributed by atoms with Crippen molar-refractivity contribution in [2.75, 3.05) is 26.2 Å². The van der Waals surface area contributed by atoms with Gasteiger partial charge in [-0.25, -0.2) is 0 Å². The molecule has 122 valence electrons. The second-order valence-corrected chi connectivity index (χ2v) is 6.94. The number of rotatable bonds is 5. The maximum Gasteiger partial charge on any atom is 0.234 e. The van der Waals surface area contributed by atoms with Gasteiger partial charge in [-0.3, -0.25) is 9.69 Å². The summed E-state index contributed by atoms with van der Waals surface area (Å²) >= 11 is 0. The minimum Gasteiger partial charge on any atom is -0.352 e. The summed E-state index contributed by atoms with van der Waals surface area (Å²) in [6.07, 6.45) is 9.84. The Kier molecular flexibility index (Phi) is 6.97. The molecule has 0 aromatic rings. The predicted molar refractivity (Wildman–Crippen MR) is 87.0 cm³/mol. The van der Waals surface area contributed by atoms with E-state index in [1.807, 2.05) is 0 Å². The molecule has 1 aliphatic carbocycles. The SMILES string of the molecule is CCC1CN(CC(=O)NC2CCCCCC2)CCC1CN. The number of likely N-dealkylation sites (tertiary alicyclic amines) is 1. The monoisotopic (exact) mass is 295 g/mol. The Morgan fingerprint density at radius 2 is 1.86 bits per heavy atom. The summed E-state index contributed by atoms with van der Waals surface area (Å²) in [6.45, 7) is 5.67. The molecule has 2 unspecified atom stereocenters. The van der Waals surface area contributed by atoms with E-state index in [1.54, 1.807) is 0 Å². The second kappa shape index (κ2) is 8.74. The van der Waals surface area contributed by atoms with Gasteiger partial charge >= 0.3 is 0 Å². The number of carbonyl (C=O) groups excluding carboxylic acids is 1. The van der Waals surface area contributed by atoms with Gasteiger partial charge in [0, 0.05) is 12.6 Å². The molecule has 0 aromatic carbocycles. The van der Waals surface area contributed by atoms with E-state index >= 15 is 0 Å². The van der Waals surface area contributed by atoms with Crippen LogP contribution >= 0.6 is 0 Å². The fraction of sp³-hybridized carbons (Fsp3) is 0.941. The van der Waals surface area contributed by atoms with Crippen LogP contribution in [0.2, 0.25) is 0 Å². The molecule has 4 nitrogen and oxygen atoms in total. The lowest BCUT2D eigenvalue weighted by atomic mass is 9.84. The molecular weight excluding hydrogens is 262 g/mol. The van der Waals surface area contributed by atoms with E-state index in [0.29, 0.717) is 24.4 Å². The minimum absolute atomic E-state index is 0.225. The number of hydrogen-bond donors (Lipinski definition) is 2. The first-order valence-electron chi connectivity index (χ1n) is 8.94. The van der Waals surface area contributed by atoms with Gasteiger partial charge in [-0.2, -0.15) is 0 Å². The molecule has 1 amide bonds. The van der Waals surface area contributed by atoms with Gasteiger partial charge in [0.2, 0.25) is 5.91 Å². The zero-order chi connectivity index (χ0) is 15.1. The van der Waals surface area contributed by atoms with Gasteiger partial charge in [-0.05, 0) is 44.2 Å². The summed E-state index contributed by atoms with van der Waals surface area (Å²) in [5, 5.41) is 3.26. The topological polar surface area (TPSA) is 58.4 Å². The highest BCUT2D eigenvalue weighted by Gasteiger charge is 2.28. The molecule has 3 N–H and O–H groups in total. The number of nitrogens with one attached hydrogen (secondary N) is 1. The van der Waals surface area contributed by atoms with E-state index in [0.717, 1.165) is 26.1 Å². The smallest absolute Gasteiger partial charge is 0.234 e. The molecule has 1 saturated heterocycles. The molecule has 0 bridgehead atoms. The third-order valence-corrected chi connectivity index (χ3v) is 5.39. The van der Waals surface area contributed by atoms with Gasteiger partial charge in [-0.15, -0.1) is 0 Å². The number of amides is 1. The highest BCUT2D eigenvalue weighted by Crippen LogP contribution is 2.25. The van der Waals surface area contributed by atoms with Gasteiger partial charge in [-0.1, -0.05) is 39.0 Å². The molecule has 2 fully saturated rings. The Labute approximate surface area is 129 Å². The number of piperidine rings is 1. The molecule has 4 heteroatoms. The van der Waals surface area contributed by atoms with Crippen molar-refractivity contribution in [2.45, 2.75) is 64.3 Å². The highest BCUT2D eigenvalue weighted by atomic mass is 16.2. The van der Waals surface area contributed by atoms with Crippen molar-refractivity contribution >= 4 is 5.91 Å². The van der Waals surface area contributed by atoms with Crippen LogP contribution in [0.3, 0.4) is 0 Å². The largest absolute Gasteiger partial charge is 0.352 e. The van der Waals surface area contributed by atoms with Crippen molar-refractivity contribution < 1.29 is 4.79 Å². The van der Waals surface area contributed by atoms with E-state index in [-0.39, 0.29) is 5.91 Å². The molecule has 0 radical (unpaired) electrons. The van der Waals surface area contributed by atoms with Crippen LogP contribution < -0.4 is 11.1 Å². The van der Waals surface area contributed by atoms with Gasteiger partial charge in [0.1, 0.15) is 0 Å². The van der Waals surface area contributed by atoms with Crippen LogP contribution in [0.25, 0.3) is 0 Å². The second-order valence-electron chi connectivity index (χ2n) is 6.94. The first-order chi connectivity index (χ1) is 10.2. The molecule has 1 heterocycles. The molecule has 1 aliphatic heterocycles. The Hall–Kier alpha value is -0.610. The Morgan fingerprint density at radius 1 is 1.14 bits per heavy atom. The molecule has 2 rings (SSSR count). The lowest BCUT2D eigenvalue weighted by Crippen LogP contribution is -2.48. The molecule has 2 aliphatic rings. The minimum atomic E-state index is 0.225. The summed E-state index contributed by atoms with van der Waals surface area (Å²) in [4.78, 5) is 14.6. The van der Waals surface area contributed by atoms with Crippen LogP contribution in [0.1, 0.15) is 58.3 Å². The van der Waals surface area contributed by atoms with E-state index in [1.165, 1.54) is 44.9 Å². The van der Waals surface area contributed by atoms with Gasteiger partial charge < -0.3 is 11.1 Å². The molecule has 0 spiro atoms. The predicted octanol–water partition coefficient (Wildman–Crippen LogP) is 2.13. The zero-order valence-corrected chi connectivity index (χ0v) is 13.7. The van der Waals surface area contributed by atoms with Crippen LogP contribution in [0.5, 0.6) is 0 Å². The third-order valence-electron chi connectivity index (χ3n) is 5.39. The lowest BCUT2D eigenvalue weighted by Gasteiger charge is -2.37. The van der Waals surface area contributed by atoms with Crippen molar-refractivity contribution in [1.82, 2.24) is 10.2 Å². The van der Waals surface area contributed by atoms with Gasteiger partial charge in [0.25, 0.3) is 0 Å². The van der Waals surface area contributed by atoms with Crippen LogP contribution in [0, 0.1) is 11.8 Å². The molecule has 21 heavy (non-hydrogen) atoms. The first-order valence-corrected chi connectivity index (χ1v) is 8.94. The van der Waals surface area contributed by atoms with E-state index < -0.39 is 0 Å². The summed E-state index contributed by atoms with van der Waals surface area (Å²) in [7, 11) is 0. The van der Waals surface area contributed by atoms with E-state index in [4.69, 9.17) is 5.73 Å². The fourth-order valence-corrected chi connectivity index (χ4v) is 3.97. The van der Waals surface area contributed by atoms with E-state index in [2.05, 4.69) is 17.1 Å². The Balaban J connectivity index is 1.74. The number of carbonyl (C=O) groups is 1. The fourth-order valence-electron chi connectivity index (χ4n) is 3.97. The summed E-state index contributed by atoms with van der Waals surface area (Å²) in [5.41, 5.74) is 5.86. The van der Waals surface area contributed by atoms with Crippen molar-refractivity contribution in [1.29, 1.82) is 0 Å². The standard InChI is InChI=1S/C17H33N3O/c1-2-14-12-20(10-9-15(14)11-18)13-17(21)19-16-7-5-3-4-6-8-16/h14-16H,2-13,18H2,1H3,(H,19,21). The highest BCUT2D eigenvalue weighted by molar-refractivity contribution is 5.78. The molecular formula is C17H33N3O. The summed E-state index contributed by atoms with van der Waals surface area (Å²) < 4.78 is 0. The third kappa shape index (κ3) is 5.26. The molecule has 0 aromatic heterocycles. The van der Waals surface area contributed by atoms with Crippen molar-refractivity contribution in [3.63, 3.8) is 0 Å². The maximum absolute atomic E-state index is 12.3. The quantitative estimate of drug-likeness (QED) is 0.764. The van der Waals surface area contributed by atoms with Gasteiger partial charge in [0.15, 0.2) is 0 Å². The number of nitrogens with zero attached hydrogens (tertiary/aromatic N) is 1. The molecule has 2 atom stereocenters. The summed E-state index contributed by atoms with van der Waals surface area (Å²) in [5.74, 6) is 1.54. The van der Waals surface area contributed by atoms with Crippen LogP contribution in [0.15, 0.2) is 0 Å². The van der Waals surface area contributed by atoms with Crippen molar-refractivity contribution in [3.05, 3.63) is 0 Å². The Morgan fingerprint density at radius 3 is 2.48 bits per heavy atom. The number of hydrogen-bond acceptors (Lipinski definition) is 3. The molecule has 1 saturated carbocycles. The average Bonchev–Trinajstić information content (AvgIpc) is 2.75. The first kappa shape index (κ1) is 16.8. The van der Waals surface area contributed by atoms with E-state index in [9.17, 15) is 4.79 Å². The lowest BCUT2D eigenvalue weighted by molar-refractivity contribution is -0.123. The average molecular weight is 295 g/mol. The number of nitrogens with two attached hydrogens (primary N) is 1. The maximum atomic E-state index is 12.3. The van der Waals surface area contributed by atoms with Gasteiger partial charge in [0.05, 0.1) is 6.54 Å².